The summed E-state index contributed by atoms with van der Waals surface area (Å²) in [6, 6.07) is 6.87. The van der Waals surface area contributed by atoms with E-state index in [0.717, 1.165) is 47.9 Å². The van der Waals surface area contributed by atoms with Crippen LogP contribution in [0.4, 0.5) is 5.69 Å². The predicted octanol–water partition coefficient (Wildman–Crippen LogP) is 3.99. The molecule has 0 spiro atoms. The molecule has 1 aliphatic carbocycles. The van der Waals surface area contributed by atoms with E-state index in [-0.39, 0.29) is 23.3 Å². The Balaban J connectivity index is 1.82. The van der Waals surface area contributed by atoms with Crippen LogP contribution in [0.1, 0.15) is 62.6 Å². The Bertz CT molecular complexity index is 1270. The summed E-state index contributed by atoms with van der Waals surface area (Å²) in [5.74, 6) is 1.41. The SMILES string of the molecule is COCCCNC(=O)CCCCCNc1ccc2c(cc1=O)[C@@H](NC(C)=O)CCc1cc(OC)c(OC)c(OC)c1-2. The number of anilines is 1. The molecule has 0 aromatic heterocycles. The zero-order valence-corrected chi connectivity index (χ0v) is 24.8. The van der Waals surface area contributed by atoms with Gasteiger partial charge in [-0.3, -0.25) is 14.4 Å². The van der Waals surface area contributed by atoms with Crippen LogP contribution in [0.5, 0.6) is 17.2 Å². The van der Waals surface area contributed by atoms with Crippen molar-refractivity contribution >= 4 is 17.5 Å². The summed E-state index contributed by atoms with van der Waals surface area (Å²) in [5, 5.41) is 9.18. The first-order valence-electron chi connectivity index (χ1n) is 14.1. The third-order valence-electron chi connectivity index (χ3n) is 7.16. The number of unbranched alkanes of at least 4 members (excludes halogenated alkanes) is 2. The van der Waals surface area contributed by atoms with Gasteiger partial charge in [-0.2, -0.15) is 0 Å². The molecule has 0 saturated heterocycles. The number of hydrogen-bond acceptors (Lipinski definition) is 8. The number of amides is 2. The second-order valence-electron chi connectivity index (χ2n) is 10.0. The van der Waals surface area contributed by atoms with Gasteiger partial charge in [0.1, 0.15) is 0 Å². The lowest BCUT2D eigenvalue weighted by molar-refractivity contribution is -0.121. The average molecular weight is 570 g/mol. The highest BCUT2D eigenvalue weighted by molar-refractivity contribution is 5.83. The summed E-state index contributed by atoms with van der Waals surface area (Å²) in [7, 11) is 6.36. The van der Waals surface area contributed by atoms with Crippen LogP contribution in [0.25, 0.3) is 11.1 Å². The van der Waals surface area contributed by atoms with Gasteiger partial charge in [-0.15, -0.1) is 0 Å². The van der Waals surface area contributed by atoms with Gasteiger partial charge in [-0.25, -0.2) is 0 Å². The minimum Gasteiger partial charge on any atom is -0.493 e. The van der Waals surface area contributed by atoms with Crippen molar-refractivity contribution in [1.29, 1.82) is 0 Å². The molecule has 1 aliphatic rings. The maximum Gasteiger partial charge on any atom is 0.219 e. The molecule has 10 nitrogen and oxygen atoms in total. The highest BCUT2D eigenvalue weighted by atomic mass is 16.5. The molecule has 2 aromatic carbocycles. The van der Waals surface area contributed by atoms with Crippen molar-refractivity contribution < 1.29 is 28.5 Å². The topological polar surface area (TPSA) is 124 Å². The molecule has 41 heavy (non-hydrogen) atoms. The second-order valence-corrected chi connectivity index (χ2v) is 10.0. The summed E-state index contributed by atoms with van der Waals surface area (Å²) >= 11 is 0. The van der Waals surface area contributed by atoms with E-state index in [0.29, 0.717) is 61.9 Å². The molecule has 0 heterocycles. The van der Waals surface area contributed by atoms with Gasteiger partial charge in [0.15, 0.2) is 11.5 Å². The lowest BCUT2D eigenvalue weighted by Gasteiger charge is -2.19. The number of ether oxygens (including phenoxy) is 4. The first kappa shape index (κ1) is 31.7. The molecule has 0 radical (unpaired) electrons. The van der Waals surface area contributed by atoms with Crippen LogP contribution in [0.2, 0.25) is 0 Å². The zero-order chi connectivity index (χ0) is 29.8. The summed E-state index contributed by atoms with van der Waals surface area (Å²) in [5.41, 5.74) is 3.60. The number of methoxy groups -OCH3 is 4. The number of carbonyl (C=O) groups excluding carboxylic acids is 2. The fourth-order valence-corrected chi connectivity index (χ4v) is 5.20. The van der Waals surface area contributed by atoms with Crippen LogP contribution in [-0.4, -0.2) is 59.9 Å². The molecule has 10 heteroatoms. The van der Waals surface area contributed by atoms with Crippen molar-refractivity contribution in [2.75, 3.05) is 53.5 Å². The lowest BCUT2D eigenvalue weighted by atomic mass is 9.95. The average Bonchev–Trinajstić information content (AvgIpc) is 3.20. The first-order chi connectivity index (χ1) is 19.8. The Morgan fingerprint density at radius 1 is 0.927 bits per heavy atom. The second kappa shape index (κ2) is 15.9. The van der Waals surface area contributed by atoms with E-state index in [1.165, 1.54) is 6.92 Å². The molecule has 0 unspecified atom stereocenters. The van der Waals surface area contributed by atoms with Crippen molar-refractivity contribution in [2.24, 2.45) is 0 Å². The van der Waals surface area contributed by atoms with Crippen LogP contribution in [-0.2, 0) is 20.7 Å². The normalized spacial score (nSPS) is 13.7. The molecule has 3 rings (SSSR count). The van der Waals surface area contributed by atoms with E-state index >= 15 is 0 Å². The molecule has 224 valence electrons. The molecule has 2 aromatic rings. The molecule has 3 N–H and O–H groups in total. The molecule has 1 atom stereocenters. The van der Waals surface area contributed by atoms with E-state index in [1.54, 1.807) is 40.6 Å². The van der Waals surface area contributed by atoms with E-state index in [9.17, 15) is 14.4 Å². The van der Waals surface area contributed by atoms with Crippen molar-refractivity contribution in [2.45, 2.75) is 57.9 Å². The Morgan fingerprint density at radius 3 is 2.39 bits per heavy atom. The Morgan fingerprint density at radius 2 is 1.71 bits per heavy atom. The third-order valence-corrected chi connectivity index (χ3v) is 7.16. The van der Waals surface area contributed by atoms with E-state index in [2.05, 4.69) is 16.0 Å². The minimum absolute atomic E-state index is 0.0474. The maximum absolute atomic E-state index is 13.4. The van der Waals surface area contributed by atoms with Gasteiger partial charge in [-0.05, 0) is 67.0 Å². The smallest absolute Gasteiger partial charge is 0.219 e. The van der Waals surface area contributed by atoms with Crippen LogP contribution in [0.3, 0.4) is 0 Å². The van der Waals surface area contributed by atoms with Gasteiger partial charge >= 0.3 is 0 Å². The van der Waals surface area contributed by atoms with Crippen LogP contribution < -0.4 is 35.6 Å². The van der Waals surface area contributed by atoms with Crippen LogP contribution >= 0.6 is 0 Å². The molecule has 2 amide bonds. The van der Waals surface area contributed by atoms with Crippen molar-refractivity contribution in [3.8, 4) is 28.4 Å². The van der Waals surface area contributed by atoms with Gasteiger partial charge in [-0.1, -0.05) is 12.5 Å². The van der Waals surface area contributed by atoms with Gasteiger partial charge < -0.3 is 34.9 Å². The highest BCUT2D eigenvalue weighted by Gasteiger charge is 2.29. The Kier molecular flexibility index (Phi) is 12.3. The number of carbonyl (C=O) groups is 2. The van der Waals surface area contributed by atoms with E-state index < -0.39 is 0 Å². The Labute approximate surface area is 242 Å². The molecule has 0 saturated carbocycles. The van der Waals surface area contributed by atoms with Crippen molar-refractivity contribution in [3.63, 3.8) is 0 Å². The van der Waals surface area contributed by atoms with Gasteiger partial charge in [0.25, 0.3) is 0 Å². The molecule has 0 bridgehead atoms. The van der Waals surface area contributed by atoms with Gasteiger partial charge in [0, 0.05) is 45.7 Å². The summed E-state index contributed by atoms with van der Waals surface area (Å²) in [6.45, 7) is 3.32. The summed E-state index contributed by atoms with van der Waals surface area (Å²) in [6.07, 6.45) is 4.97. The number of fused-ring (bicyclic) bond motifs is 3. The van der Waals surface area contributed by atoms with Crippen molar-refractivity contribution in [3.05, 3.63) is 45.6 Å². The number of rotatable bonds is 15. The first-order valence-corrected chi connectivity index (χ1v) is 14.1. The number of nitrogens with one attached hydrogen (secondary N) is 3. The van der Waals surface area contributed by atoms with Gasteiger partial charge in [0.2, 0.25) is 23.0 Å². The molecule has 0 aliphatic heterocycles. The maximum atomic E-state index is 13.4. The van der Waals surface area contributed by atoms with Crippen LogP contribution in [0.15, 0.2) is 29.1 Å². The third kappa shape index (κ3) is 8.36. The molecular formula is C31H43N3O7. The van der Waals surface area contributed by atoms with Crippen LogP contribution in [0, 0.1) is 0 Å². The largest absolute Gasteiger partial charge is 0.493 e. The molecule has 0 fully saturated rings. The highest BCUT2D eigenvalue weighted by Crippen LogP contribution is 2.50. The molecular weight excluding hydrogens is 526 g/mol. The monoisotopic (exact) mass is 569 g/mol. The number of hydrogen-bond donors (Lipinski definition) is 3. The number of aryl methyl sites for hydroxylation is 1. The van der Waals surface area contributed by atoms with Gasteiger partial charge in [0.05, 0.1) is 33.1 Å². The fraction of sp³-hybridized carbons (Fsp3) is 0.516. The zero-order valence-electron chi connectivity index (χ0n) is 24.8. The van der Waals surface area contributed by atoms with Crippen molar-refractivity contribution in [1.82, 2.24) is 10.6 Å². The van der Waals surface area contributed by atoms with E-state index in [1.807, 2.05) is 12.1 Å². The quantitative estimate of drug-likeness (QED) is 0.275. The fourth-order valence-electron chi connectivity index (χ4n) is 5.20. The minimum atomic E-state index is -0.356. The lowest BCUT2D eigenvalue weighted by Crippen LogP contribution is -2.26. The number of benzene rings is 1. The summed E-state index contributed by atoms with van der Waals surface area (Å²) < 4.78 is 22.0. The van der Waals surface area contributed by atoms with E-state index in [4.69, 9.17) is 18.9 Å². The Hall–Kier alpha value is -3.79. The summed E-state index contributed by atoms with van der Waals surface area (Å²) in [4.78, 5) is 37.4. The standard InChI is InChI=1S/C31H43N3O7/c1-20(35)34-24-13-11-21-18-27(39-3)30(40-4)31(41-5)29(21)22-12-14-25(26(36)19-23(22)24)32-15-8-6-7-10-28(37)33-16-9-17-38-2/h12,14,18-19,24H,6-11,13,15-17H2,1-5H3,(H,32,36)(H,33,37)(H,34,35)/t24-/m0/s1. The predicted molar refractivity (Wildman–Crippen MR) is 159 cm³/mol.